The molecule has 0 N–H and O–H groups in total. The Kier molecular flexibility index (Phi) is 3.72. The molecular weight excluding hydrogens is 121 g/mol. The Morgan fingerprint density at radius 1 is 1.11 bits per heavy atom. The molecule has 49 valence electrons. The van der Waals surface area contributed by atoms with Crippen LogP contribution in [0.1, 0.15) is 12.8 Å². The molecular formula is C5H8F2LiO. The summed E-state index contributed by atoms with van der Waals surface area (Å²) in [5.74, 6) is -2.45. The largest absolute Gasteiger partial charge is 0.381 e. The molecule has 0 saturated carbocycles. The van der Waals surface area contributed by atoms with Crippen molar-refractivity contribution in [2.75, 3.05) is 13.2 Å². The van der Waals surface area contributed by atoms with E-state index in [1.165, 1.54) is 0 Å². The van der Waals surface area contributed by atoms with Gasteiger partial charge in [-0.15, -0.1) is 0 Å². The predicted octanol–water partition coefficient (Wildman–Crippen LogP) is 1.05. The van der Waals surface area contributed by atoms with Crippen LogP contribution >= 0.6 is 0 Å². The van der Waals surface area contributed by atoms with Crippen LogP contribution in [0, 0.1) is 0 Å². The molecule has 0 spiro atoms. The minimum Gasteiger partial charge on any atom is -0.381 e. The molecule has 0 unspecified atom stereocenters. The third-order valence-corrected chi connectivity index (χ3v) is 1.22. The fourth-order valence-electron chi connectivity index (χ4n) is 0.670. The minimum atomic E-state index is -2.45. The van der Waals surface area contributed by atoms with Crippen molar-refractivity contribution < 1.29 is 13.5 Å². The van der Waals surface area contributed by atoms with E-state index in [9.17, 15) is 8.78 Å². The summed E-state index contributed by atoms with van der Waals surface area (Å²) in [6.45, 7) is 0.431. The van der Waals surface area contributed by atoms with E-state index in [-0.39, 0.29) is 44.9 Å². The van der Waals surface area contributed by atoms with E-state index in [1.54, 1.807) is 0 Å². The van der Waals surface area contributed by atoms with Crippen molar-refractivity contribution in [2.45, 2.75) is 18.8 Å². The summed E-state index contributed by atoms with van der Waals surface area (Å²) < 4.78 is 29.0. The summed E-state index contributed by atoms with van der Waals surface area (Å²) >= 11 is 0. The zero-order valence-corrected chi connectivity index (χ0v) is 5.49. The van der Waals surface area contributed by atoms with E-state index < -0.39 is 5.92 Å². The standard InChI is InChI=1S/C5H8F2O.Li/c6-5(7)1-3-8-4-2-5;/h1-4H2;. The zero-order chi connectivity index (χ0) is 6.04. The first kappa shape index (κ1) is 9.42. The normalized spacial score (nSPS) is 24.7. The van der Waals surface area contributed by atoms with Gasteiger partial charge in [0.25, 0.3) is 5.92 Å². The molecule has 0 aromatic rings. The van der Waals surface area contributed by atoms with Gasteiger partial charge in [-0.25, -0.2) is 8.78 Å². The first-order valence-electron chi connectivity index (χ1n) is 2.66. The van der Waals surface area contributed by atoms with Gasteiger partial charge in [0.2, 0.25) is 0 Å². The maximum Gasteiger partial charge on any atom is 0.252 e. The molecule has 0 aliphatic carbocycles. The SMILES string of the molecule is FC1(F)CCOCC1.[Li]. The fourth-order valence-corrected chi connectivity index (χ4v) is 0.670. The molecule has 0 aromatic carbocycles. The quantitative estimate of drug-likeness (QED) is 0.444. The molecule has 1 rings (SSSR count). The van der Waals surface area contributed by atoms with Crippen molar-refractivity contribution >= 4 is 18.9 Å². The van der Waals surface area contributed by atoms with E-state index in [2.05, 4.69) is 0 Å². The second kappa shape index (κ2) is 3.55. The van der Waals surface area contributed by atoms with E-state index in [1.807, 2.05) is 0 Å². The van der Waals surface area contributed by atoms with Gasteiger partial charge in [0.05, 0.1) is 13.2 Å². The van der Waals surface area contributed by atoms with Gasteiger partial charge in [-0.05, 0) is 0 Å². The number of halogens is 2. The van der Waals surface area contributed by atoms with Crippen molar-refractivity contribution in [1.29, 1.82) is 0 Å². The third-order valence-electron chi connectivity index (χ3n) is 1.22. The van der Waals surface area contributed by atoms with E-state index in [4.69, 9.17) is 4.74 Å². The molecule has 1 saturated heterocycles. The van der Waals surface area contributed by atoms with E-state index in [0.29, 0.717) is 0 Å². The van der Waals surface area contributed by atoms with Crippen LogP contribution < -0.4 is 0 Å². The Bertz CT molecular complexity index is 79.0. The van der Waals surface area contributed by atoms with E-state index >= 15 is 0 Å². The number of hydrogen-bond acceptors (Lipinski definition) is 1. The van der Waals surface area contributed by atoms with Gasteiger partial charge in [-0.3, -0.25) is 0 Å². The van der Waals surface area contributed by atoms with Crippen LogP contribution in [0.15, 0.2) is 0 Å². The maximum atomic E-state index is 12.1. The van der Waals surface area contributed by atoms with Gasteiger partial charge < -0.3 is 4.74 Å². The second-order valence-corrected chi connectivity index (χ2v) is 1.97. The first-order chi connectivity index (χ1) is 3.71. The van der Waals surface area contributed by atoms with Crippen molar-refractivity contribution in [1.82, 2.24) is 0 Å². The van der Waals surface area contributed by atoms with Gasteiger partial charge in [0.15, 0.2) is 0 Å². The molecule has 1 aliphatic rings. The molecule has 0 bridgehead atoms. The summed E-state index contributed by atoms with van der Waals surface area (Å²) in [5.41, 5.74) is 0. The molecule has 1 radical (unpaired) electrons. The Labute approximate surface area is 64.9 Å². The first-order valence-corrected chi connectivity index (χ1v) is 2.66. The van der Waals surface area contributed by atoms with Gasteiger partial charge in [0, 0.05) is 31.7 Å². The second-order valence-electron chi connectivity index (χ2n) is 1.97. The zero-order valence-electron chi connectivity index (χ0n) is 5.49. The van der Waals surface area contributed by atoms with Crippen molar-refractivity contribution in [3.8, 4) is 0 Å². The Hall–Kier alpha value is 0.417. The van der Waals surface area contributed by atoms with Gasteiger partial charge in [-0.2, -0.15) is 0 Å². The summed E-state index contributed by atoms with van der Waals surface area (Å²) in [6.07, 6.45) is -0.208. The van der Waals surface area contributed by atoms with E-state index in [0.717, 1.165) is 0 Å². The fraction of sp³-hybridized carbons (Fsp3) is 1.00. The average molecular weight is 129 g/mol. The monoisotopic (exact) mass is 129 g/mol. The summed E-state index contributed by atoms with van der Waals surface area (Å²) in [4.78, 5) is 0. The number of ether oxygens (including phenoxy) is 1. The van der Waals surface area contributed by atoms with Crippen LogP contribution in [0.2, 0.25) is 0 Å². The minimum absolute atomic E-state index is 0. The van der Waals surface area contributed by atoms with Crippen molar-refractivity contribution in [3.63, 3.8) is 0 Å². The van der Waals surface area contributed by atoms with Crippen LogP contribution in [0.25, 0.3) is 0 Å². The van der Waals surface area contributed by atoms with Crippen molar-refractivity contribution in [3.05, 3.63) is 0 Å². The van der Waals surface area contributed by atoms with Gasteiger partial charge >= 0.3 is 0 Å². The third kappa shape index (κ3) is 3.19. The molecule has 1 fully saturated rings. The predicted molar refractivity (Wildman–Crippen MR) is 30.8 cm³/mol. The topological polar surface area (TPSA) is 9.23 Å². The molecule has 4 heteroatoms. The molecule has 1 aliphatic heterocycles. The number of rotatable bonds is 0. The number of hydrogen-bond donors (Lipinski definition) is 0. The molecule has 0 amide bonds. The molecule has 1 heterocycles. The van der Waals surface area contributed by atoms with Crippen LogP contribution in [-0.2, 0) is 4.74 Å². The molecule has 1 nitrogen and oxygen atoms in total. The maximum absolute atomic E-state index is 12.1. The summed E-state index contributed by atoms with van der Waals surface area (Å²) in [5, 5.41) is 0. The van der Waals surface area contributed by atoms with Crippen molar-refractivity contribution in [2.24, 2.45) is 0 Å². The Morgan fingerprint density at radius 2 is 1.56 bits per heavy atom. The van der Waals surface area contributed by atoms with Gasteiger partial charge in [-0.1, -0.05) is 0 Å². The van der Waals surface area contributed by atoms with Crippen LogP contribution in [0.5, 0.6) is 0 Å². The van der Waals surface area contributed by atoms with Gasteiger partial charge in [0.1, 0.15) is 0 Å². The molecule has 0 aromatic heterocycles. The summed E-state index contributed by atoms with van der Waals surface area (Å²) in [6, 6.07) is 0. The van der Waals surface area contributed by atoms with Crippen LogP contribution in [0.4, 0.5) is 8.78 Å². The van der Waals surface area contributed by atoms with Crippen LogP contribution in [-0.4, -0.2) is 38.0 Å². The van der Waals surface area contributed by atoms with Crippen LogP contribution in [0.3, 0.4) is 0 Å². The Morgan fingerprint density at radius 3 is 1.78 bits per heavy atom. The number of alkyl halides is 2. The smallest absolute Gasteiger partial charge is 0.252 e. The summed E-state index contributed by atoms with van der Waals surface area (Å²) in [7, 11) is 0. The Balaban J connectivity index is 0.000000640. The molecule has 0 atom stereocenters. The average Bonchev–Trinajstić information content (AvgIpc) is 1.65. The molecule has 9 heavy (non-hydrogen) atoms.